The van der Waals surface area contributed by atoms with Crippen LogP contribution in [0.2, 0.25) is 0 Å². The molecule has 0 radical (unpaired) electrons. The average Bonchev–Trinajstić information content (AvgIpc) is 2.45. The standard InChI is InChI=1S/C16H18O4S/c1-3-11-6-5-7-15(13(11)4-2)21(19,20)16-9-8-12(17)10-14(16)18/h5-10,17-18H,3-4H2,1-2H3. The predicted octanol–water partition coefficient (Wildman–Crippen LogP) is 3.06. The fourth-order valence-corrected chi connectivity index (χ4v) is 4.12. The highest BCUT2D eigenvalue weighted by atomic mass is 32.2. The van der Waals surface area contributed by atoms with Crippen LogP contribution in [0.1, 0.15) is 25.0 Å². The summed E-state index contributed by atoms with van der Waals surface area (Å²) in [5, 5.41) is 19.1. The van der Waals surface area contributed by atoms with Crippen molar-refractivity contribution in [2.75, 3.05) is 0 Å². The molecule has 4 nitrogen and oxygen atoms in total. The molecule has 0 heterocycles. The normalized spacial score (nSPS) is 11.5. The second-order valence-electron chi connectivity index (χ2n) is 4.76. The van der Waals surface area contributed by atoms with Gasteiger partial charge in [0.15, 0.2) is 0 Å². The van der Waals surface area contributed by atoms with Crippen LogP contribution in [0.5, 0.6) is 11.5 Å². The molecule has 2 N–H and O–H groups in total. The van der Waals surface area contributed by atoms with E-state index in [9.17, 15) is 18.6 Å². The third kappa shape index (κ3) is 2.74. The van der Waals surface area contributed by atoms with Crippen molar-refractivity contribution >= 4 is 9.84 Å². The minimum absolute atomic E-state index is 0.176. The Labute approximate surface area is 124 Å². The molecule has 0 aromatic heterocycles. The second kappa shape index (κ2) is 5.77. The van der Waals surface area contributed by atoms with Gasteiger partial charge in [-0.25, -0.2) is 8.42 Å². The quantitative estimate of drug-likeness (QED) is 0.910. The van der Waals surface area contributed by atoms with E-state index in [1.165, 1.54) is 12.1 Å². The molecule has 0 aliphatic rings. The largest absolute Gasteiger partial charge is 0.508 e. The summed E-state index contributed by atoms with van der Waals surface area (Å²) in [6.07, 6.45) is 1.34. The lowest BCUT2D eigenvalue weighted by Gasteiger charge is -2.14. The van der Waals surface area contributed by atoms with Gasteiger partial charge >= 0.3 is 0 Å². The van der Waals surface area contributed by atoms with E-state index in [0.29, 0.717) is 6.42 Å². The molecule has 0 aliphatic carbocycles. The first-order valence-electron chi connectivity index (χ1n) is 6.79. The predicted molar refractivity (Wildman–Crippen MR) is 80.4 cm³/mol. The maximum Gasteiger partial charge on any atom is 0.210 e. The lowest BCUT2D eigenvalue weighted by Crippen LogP contribution is -2.07. The SMILES string of the molecule is CCc1cccc(S(=O)(=O)c2ccc(O)cc2O)c1CC. The highest BCUT2D eigenvalue weighted by Gasteiger charge is 2.25. The maximum atomic E-state index is 12.8. The molecular weight excluding hydrogens is 288 g/mol. The van der Waals surface area contributed by atoms with Crippen molar-refractivity contribution in [3.8, 4) is 11.5 Å². The van der Waals surface area contributed by atoms with E-state index in [1.54, 1.807) is 12.1 Å². The monoisotopic (exact) mass is 306 g/mol. The molecule has 0 saturated heterocycles. The van der Waals surface area contributed by atoms with Gasteiger partial charge in [-0.3, -0.25) is 0 Å². The van der Waals surface area contributed by atoms with Crippen molar-refractivity contribution < 1.29 is 18.6 Å². The van der Waals surface area contributed by atoms with Gasteiger partial charge in [-0.05, 0) is 42.2 Å². The number of hydrogen-bond acceptors (Lipinski definition) is 4. The van der Waals surface area contributed by atoms with Crippen LogP contribution in [-0.4, -0.2) is 18.6 Å². The van der Waals surface area contributed by atoms with E-state index in [0.717, 1.165) is 23.6 Å². The van der Waals surface area contributed by atoms with Gasteiger partial charge in [-0.1, -0.05) is 26.0 Å². The average molecular weight is 306 g/mol. The first-order chi connectivity index (χ1) is 9.91. The van der Waals surface area contributed by atoms with E-state index in [2.05, 4.69) is 0 Å². The van der Waals surface area contributed by atoms with Gasteiger partial charge in [0, 0.05) is 6.07 Å². The minimum atomic E-state index is -3.82. The number of rotatable bonds is 4. The molecule has 0 bridgehead atoms. The molecule has 0 aliphatic heterocycles. The molecule has 0 atom stereocenters. The van der Waals surface area contributed by atoms with Crippen LogP contribution in [0.25, 0.3) is 0 Å². The Morgan fingerprint density at radius 3 is 2.24 bits per heavy atom. The van der Waals surface area contributed by atoms with E-state index in [-0.39, 0.29) is 15.5 Å². The minimum Gasteiger partial charge on any atom is -0.508 e. The summed E-state index contributed by atoms with van der Waals surface area (Å²) in [5.74, 6) is -0.622. The van der Waals surface area contributed by atoms with Crippen LogP contribution in [0.4, 0.5) is 0 Å². The summed E-state index contributed by atoms with van der Waals surface area (Å²) in [7, 11) is -3.82. The van der Waals surface area contributed by atoms with Crippen LogP contribution in [0, 0.1) is 0 Å². The summed E-state index contributed by atoms with van der Waals surface area (Å²) in [5.41, 5.74) is 1.75. The topological polar surface area (TPSA) is 74.6 Å². The van der Waals surface area contributed by atoms with Crippen LogP contribution < -0.4 is 0 Å². The van der Waals surface area contributed by atoms with Crippen LogP contribution in [-0.2, 0) is 22.7 Å². The molecule has 0 fully saturated rings. The van der Waals surface area contributed by atoms with Crippen LogP contribution in [0.15, 0.2) is 46.2 Å². The van der Waals surface area contributed by atoms with E-state index in [4.69, 9.17) is 0 Å². The van der Waals surface area contributed by atoms with Gasteiger partial charge in [0.2, 0.25) is 9.84 Å². The molecule has 2 aromatic rings. The van der Waals surface area contributed by atoms with Crippen molar-refractivity contribution in [2.24, 2.45) is 0 Å². The van der Waals surface area contributed by atoms with Crippen molar-refractivity contribution in [1.82, 2.24) is 0 Å². The number of sulfone groups is 1. The third-order valence-electron chi connectivity index (χ3n) is 3.49. The highest BCUT2D eigenvalue weighted by molar-refractivity contribution is 7.91. The molecule has 112 valence electrons. The third-order valence-corrected chi connectivity index (χ3v) is 5.37. The molecule has 0 amide bonds. The van der Waals surface area contributed by atoms with Crippen molar-refractivity contribution in [1.29, 1.82) is 0 Å². The van der Waals surface area contributed by atoms with Crippen molar-refractivity contribution in [2.45, 2.75) is 36.5 Å². The summed E-state index contributed by atoms with van der Waals surface area (Å²) in [6.45, 7) is 3.88. The van der Waals surface area contributed by atoms with E-state index in [1.807, 2.05) is 19.9 Å². The number of hydrogen-bond donors (Lipinski definition) is 2. The lowest BCUT2D eigenvalue weighted by atomic mass is 10.0. The number of phenolic OH excluding ortho intramolecular Hbond substituents is 2. The molecule has 2 aromatic carbocycles. The van der Waals surface area contributed by atoms with Gasteiger partial charge in [-0.2, -0.15) is 0 Å². The molecule has 0 spiro atoms. The second-order valence-corrected chi connectivity index (χ2v) is 6.64. The van der Waals surface area contributed by atoms with Crippen molar-refractivity contribution in [3.05, 3.63) is 47.5 Å². The van der Waals surface area contributed by atoms with Crippen LogP contribution in [0.3, 0.4) is 0 Å². The molecule has 0 unspecified atom stereocenters. The number of phenols is 2. The number of benzene rings is 2. The summed E-state index contributed by atoms with van der Waals surface area (Å²) >= 11 is 0. The van der Waals surface area contributed by atoms with Gasteiger partial charge < -0.3 is 10.2 Å². The van der Waals surface area contributed by atoms with E-state index < -0.39 is 15.6 Å². The summed E-state index contributed by atoms with van der Waals surface area (Å²) < 4.78 is 25.5. The fraction of sp³-hybridized carbons (Fsp3) is 0.250. The van der Waals surface area contributed by atoms with Gasteiger partial charge in [0.1, 0.15) is 16.4 Å². The van der Waals surface area contributed by atoms with E-state index >= 15 is 0 Å². The lowest BCUT2D eigenvalue weighted by molar-refractivity contribution is 0.439. The smallest absolute Gasteiger partial charge is 0.210 e. The van der Waals surface area contributed by atoms with Gasteiger partial charge in [0.05, 0.1) is 4.90 Å². The first-order valence-corrected chi connectivity index (χ1v) is 8.28. The van der Waals surface area contributed by atoms with Crippen LogP contribution >= 0.6 is 0 Å². The maximum absolute atomic E-state index is 12.8. The summed E-state index contributed by atoms with van der Waals surface area (Å²) in [4.78, 5) is 0.0218. The highest BCUT2D eigenvalue weighted by Crippen LogP contribution is 2.33. The summed E-state index contributed by atoms with van der Waals surface area (Å²) in [6, 6.07) is 8.68. The molecule has 2 rings (SSSR count). The zero-order valence-electron chi connectivity index (χ0n) is 12.0. The Morgan fingerprint density at radius 2 is 1.67 bits per heavy atom. The number of aromatic hydroxyl groups is 2. The zero-order chi connectivity index (χ0) is 15.6. The Morgan fingerprint density at radius 1 is 0.952 bits per heavy atom. The zero-order valence-corrected chi connectivity index (χ0v) is 12.8. The first kappa shape index (κ1) is 15.4. The molecular formula is C16H18O4S. The molecule has 21 heavy (non-hydrogen) atoms. The Kier molecular flexibility index (Phi) is 4.23. The molecule has 0 saturated carbocycles. The Bertz CT molecular complexity index is 764. The Hall–Kier alpha value is -2.01. The molecule has 5 heteroatoms. The number of aryl methyl sites for hydroxylation is 1. The van der Waals surface area contributed by atoms with Gasteiger partial charge in [-0.15, -0.1) is 0 Å². The van der Waals surface area contributed by atoms with Crippen molar-refractivity contribution in [3.63, 3.8) is 0 Å². The van der Waals surface area contributed by atoms with Gasteiger partial charge in [0.25, 0.3) is 0 Å². The Balaban J connectivity index is 2.70. The fourth-order valence-electron chi connectivity index (χ4n) is 2.45.